The minimum Gasteiger partial charge on any atom is -0.369 e. The van der Waals surface area contributed by atoms with Gasteiger partial charge in [0.25, 0.3) is 0 Å². The van der Waals surface area contributed by atoms with Crippen LogP contribution in [-0.2, 0) is 0 Å². The molecule has 0 spiro atoms. The van der Waals surface area contributed by atoms with E-state index in [4.69, 9.17) is 11.5 Å². The Labute approximate surface area is 94.7 Å². The van der Waals surface area contributed by atoms with Gasteiger partial charge < -0.3 is 11.5 Å². The Bertz CT molecular complexity index is 340. The van der Waals surface area contributed by atoms with Crippen molar-refractivity contribution in [3.63, 3.8) is 0 Å². The van der Waals surface area contributed by atoms with Crippen molar-refractivity contribution in [2.75, 3.05) is 0 Å². The summed E-state index contributed by atoms with van der Waals surface area (Å²) in [5.74, 6) is -0.0274. The second-order valence-corrected chi connectivity index (χ2v) is 2.76. The predicted octanol–water partition coefficient (Wildman–Crippen LogP) is 0.855. The molecule has 0 aliphatic heterocycles. The number of rotatable bonds is 3. The summed E-state index contributed by atoms with van der Waals surface area (Å²) in [6.07, 6.45) is 1.42. The molecule has 5 nitrogen and oxygen atoms in total. The van der Waals surface area contributed by atoms with Crippen molar-refractivity contribution < 1.29 is 0 Å². The highest BCUT2D eigenvalue weighted by Gasteiger charge is 1.85. The Morgan fingerprint density at radius 1 is 1.27 bits per heavy atom. The van der Waals surface area contributed by atoms with Gasteiger partial charge in [0.2, 0.25) is 5.96 Å². The first kappa shape index (κ1) is 13.2. The Kier molecular flexibility index (Phi) is 5.89. The third kappa shape index (κ3) is 5.53. The van der Waals surface area contributed by atoms with Crippen LogP contribution in [0, 0.1) is 6.92 Å². The van der Waals surface area contributed by atoms with E-state index in [1.807, 2.05) is 31.2 Å². The maximum atomic E-state index is 5.10. The van der Waals surface area contributed by atoms with Crippen molar-refractivity contribution in [3.05, 3.63) is 29.8 Å². The summed E-state index contributed by atoms with van der Waals surface area (Å²) in [6, 6.07) is 7.77. The van der Waals surface area contributed by atoms with Gasteiger partial charge in [0.05, 0.1) is 5.69 Å². The summed E-state index contributed by atoms with van der Waals surface area (Å²) >= 11 is 0. The smallest absolute Gasteiger partial charge is 0.208 e. The third-order valence-corrected chi connectivity index (χ3v) is 1.50. The molecule has 0 saturated carbocycles. The molecule has 0 atom stereocenters. The quantitative estimate of drug-likeness (QED) is 0.406. The highest BCUT2D eigenvalue weighted by atomic mass is 35.5. The fourth-order valence-electron chi connectivity index (χ4n) is 0.838. The summed E-state index contributed by atoms with van der Waals surface area (Å²) in [5.41, 5.74) is 14.7. The Morgan fingerprint density at radius 2 is 1.87 bits per heavy atom. The van der Waals surface area contributed by atoms with Crippen LogP contribution in [0.5, 0.6) is 0 Å². The van der Waals surface area contributed by atoms with E-state index in [0.29, 0.717) is 0 Å². The number of nitrogens with one attached hydrogen (secondary N) is 1. The zero-order chi connectivity index (χ0) is 10.4. The number of aliphatic imine (C=N–C) groups is 1. The summed E-state index contributed by atoms with van der Waals surface area (Å²) in [6.45, 7) is 2.02. The lowest BCUT2D eigenvalue weighted by Crippen LogP contribution is -2.25. The van der Waals surface area contributed by atoms with Gasteiger partial charge in [-0.05, 0) is 19.1 Å². The van der Waals surface area contributed by atoms with Crippen LogP contribution >= 0.6 is 12.4 Å². The molecule has 6 heteroatoms. The van der Waals surface area contributed by atoms with Crippen LogP contribution in [-0.4, -0.2) is 12.3 Å². The van der Waals surface area contributed by atoms with Crippen LogP contribution in [0.4, 0.5) is 5.69 Å². The van der Waals surface area contributed by atoms with Crippen LogP contribution in [0.25, 0.3) is 0 Å². The Morgan fingerprint density at radius 3 is 2.40 bits per heavy atom. The lowest BCUT2D eigenvalue weighted by atomic mass is 10.2. The monoisotopic (exact) mass is 227 g/mol. The van der Waals surface area contributed by atoms with Crippen molar-refractivity contribution >= 4 is 30.4 Å². The van der Waals surface area contributed by atoms with Gasteiger partial charge in [0, 0.05) is 0 Å². The molecule has 0 unspecified atom stereocenters. The first-order valence-electron chi connectivity index (χ1n) is 4.12. The van der Waals surface area contributed by atoms with Crippen LogP contribution in [0.15, 0.2) is 34.4 Å². The second-order valence-electron chi connectivity index (χ2n) is 2.76. The van der Waals surface area contributed by atoms with Gasteiger partial charge in [0.15, 0.2) is 0 Å². The van der Waals surface area contributed by atoms with Crippen LogP contribution < -0.4 is 16.9 Å². The van der Waals surface area contributed by atoms with E-state index in [9.17, 15) is 0 Å². The van der Waals surface area contributed by atoms with E-state index >= 15 is 0 Å². The number of nitrogens with two attached hydrogens (primary N) is 2. The molecule has 0 aliphatic carbocycles. The largest absolute Gasteiger partial charge is 0.369 e. The number of hydrazone groups is 1. The van der Waals surface area contributed by atoms with Gasteiger partial charge in [-0.3, -0.25) is 5.43 Å². The molecule has 0 aliphatic rings. The van der Waals surface area contributed by atoms with E-state index in [0.717, 1.165) is 5.69 Å². The van der Waals surface area contributed by atoms with Gasteiger partial charge in [-0.1, -0.05) is 17.7 Å². The SMILES string of the molecule is Cc1ccc(N=CNN=C(N)N)cc1.Cl. The lowest BCUT2D eigenvalue weighted by molar-refractivity contribution is 1.04. The minimum absolute atomic E-state index is 0. The number of halogens is 1. The maximum absolute atomic E-state index is 5.10. The highest BCUT2D eigenvalue weighted by molar-refractivity contribution is 5.85. The molecular formula is C9H14ClN5. The summed E-state index contributed by atoms with van der Waals surface area (Å²) in [5, 5.41) is 3.53. The van der Waals surface area contributed by atoms with Gasteiger partial charge in [-0.15, -0.1) is 17.5 Å². The molecule has 0 radical (unpaired) electrons. The number of nitrogens with zero attached hydrogens (tertiary/aromatic N) is 2. The van der Waals surface area contributed by atoms with Gasteiger partial charge in [-0.25, -0.2) is 4.99 Å². The molecule has 82 valence electrons. The molecule has 0 amide bonds. The van der Waals surface area contributed by atoms with E-state index < -0.39 is 0 Å². The molecule has 0 heterocycles. The molecule has 5 N–H and O–H groups in total. The van der Waals surface area contributed by atoms with Crippen LogP contribution in [0.3, 0.4) is 0 Å². The van der Waals surface area contributed by atoms with Crippen molar-refractivity contribution in [1.29, 1.82) is 0 Å². The van der Waals surface area contributed by atoms with Gasteiger partial charge in [0.1, 0.15) is 6.34 Å². The first-order chi connectivity index (χ1) is 6.68. The standard InChI is InChI=1S/C9H13N5.ClH/c1-7-2-4-8(5-3-7)12-6-13-14-9(10)11;/h2-6H,1H3,(H,12,13)(H4,10,11,14);1H. The third-order valence-electron chi connectivity index (χ3n) is 1.50. The zero-order valence-electron chi connectivity index (χ0n) is 8.34. The highest BCUT2D eigenvalue weighted by Crippen LogP contribution is 2.10. The first-order valence-corrected chi connectivity index (χ1v) is 4.12. The molecule has 0 fully saturated rings. The minimum atomic E-state index is -0.0274. The van der Waals surface area contributed by atoms with Gasteiger partial charge >= 0.3 is 0 Å². The molecule has 0 bridgehead atoms. The summed E-state index contributed by atoms with van der Waals surface area (Å²) in [4.78, 5) is 4.06. The van der Waals surface area contributed by atoms with Crippen molar-refractivity contribution in [2.24, 2.45) is 21.6 Å². The maximum Gasteiger partial charge on any atom is 0.208 e. The van der Waals surface area contributed by atoms with E-state index in [2.05, 4.69) is 15.5 Å². The number of benzene rings is 1. The van der Waals surface area contributed by atoms with E-state index in [-0.39, 0.29) is 18.4 Å². The number of hydrogen-bond donors (Lipinski definition) is 3. The normalized spacial score (nSPS) is 9.40. The van der Waals surface area contributed by atoms with E-state index in [1.54, 1.807) is 0 Å². The fourth-order valence-corrected chi connectivity index (χ4v) is 0.838. The number of guanidine groups is 1. The number of hydrogen-bond acceptors (Lipinski definition) is 2. The zero-order valence-corrected chi connectivity index (χ0v) is 9.16. The molecule has 0 saturated heterocycles. The summed E-state index contributed by atoms with van der Waals surface area (Å²) in [7, 11) is 0. The van der Waals surface area contributed by atoms with Crippen LogP contribution in [0.1, 0.15) is 5.56 Å². The molecular weight excluding hydrogens is 214 g/mol. The molecule has 1 aromatic carbocycles. The van der Waals surface area contributed by atoms with Crippen molar-refractivity contribution in [1.82, 2.24) is 5.43 Å². The lowest BCUT2D eigenvalue weighted by Gasteiger charge is -1.94. The average molecular weight is 228 g/mol. The summed E-state index contributed by atoms with van der Waals surface area (Å²) < 4.78 is 0. The predicted molar refractivity (Wildman–Crippen MR) is 65.5 cm³/mol. The molecule has 1 aromatic rings. The second kappa shape index (κ2) is 6.67. The topological polar surface area (TPSA) is 88.8 Å². The molecule has 0 aromatic heterocycles. The number of aryl methyl sites for hydroxylation is 1. The van der Waals surface area contributed by atoms with Crippen LogP contribution in [0.2, 0.25) is 0 Å². The molecule has 1 rings (SSSR count). The molecule has 15 heavy (non-hydrogen) atoms. The van der Waals surface area contributed by atoms with E-state index in [1.165, 1.54) is 11.9 Å². The van der Waals surface area contributed by atoms with Crippen molar-refractivity contribution in [3.8, 4) is 0 Å². The van der Waals surface area contributed by atoms with Gasteiger partial charge in [-0.2, -0.15) is 0 Å². The fraction of sp³-hybridized carbons (Fsp3) is 0.111. The Hall–Kier alpha value is -1.75. The Balaban J connectivity index is 0.00000196. The van der Waals surface area contributed by atoms with Crippen molar-refractivity contribution in [2.45, 2.75) is 6.92 Å². The average Bonchev–Trinajstić information content (AvgIpc) is 2.15.